The predicted molar refractivity (Wildman–Crippen MR) is 52.8 cm³/mol. The average Bonchev–Trinajstić information content (AvgIpc) is 2.03. The summed E-state index contributed by atoms with van der Waals surface area (Å²) in [6.07, 6.45) is 1.85. The van der Waals surface area contributed by atoms with E-state index in [9.17, 15) is 4.39 Å². The zero-order valence-corrected chi connectivity index (χ0v) is 7.92. The molecule has 0 aliphatic rings. The smallest absolute Gasteiger partial charge is 0.128 e. The van der Waals surface area contributed by atoms with E-state index in [1.165, 1.54) is 6.07 Å². The van der Waals surface area contributed by atoms with E-state index in [-0.39, 0.29) is 11.9 Å². The standard InChI is InChI=1S/C11H14FN/c1-8(2)7-11(13)9-5-3-4-6-10(9)12/h3-7,11H,13H2,1-2H3. The molecule has 0 saturated carbocycles. The highest BCUT2D eigenvalue weighted by atomic mass is 19.1. The Morgan fingerprint density at radius 3 is 2.54 bits per heavy atom. The number of benzene rings is 1. The fraction of sp³-hybridized carbons (Fsp3) is 0.273. The molecule has 0 amide bonds. The first-order valence-electron chi connectivity index (χ1n) is 4.26. The lowest BCUT2D eigenvalue weighted by molar-refractivity contribution is 0.602. The number of allylic oxidation sites excluding steroid dienone is 1. The summed E-state index contributed by atoms with van der Waals surface area (Å²) in [4.78, 5) is 0. The summed E-state index contributed by atoms with van der Waals surface area (Å²) in [6.45, 7) is 3.89. The molecule has 1 aromatic rings. The lowest BCUT2D eigenvalue weighted by atomic mass is 10.1. The highest BCUT2D eigenvalue weighted by molar-refractivity contribution is 5.25. The summed E-state index contributed by atoms with van der Waals surface area (Å²) in [5, 5.41) is 0. The molecule has 0 bridgehead atoms. The van der Waals surface area contributed by atoms with E-state index >= 15 is 0 Å². The molecule has 0 aromatic heterocycles. The Morgan fingerprint density at radius 1 is 1.38 bits per heavy atom. The number of hydrogen-bond acceptors (Lipinski definition) is 1. The summed E-state index contributed by atoms with van der Waals surface area (Å²) in [6, 6.07) is 6.24. The van der Waals surface area contributed by atoms with E-state index in [1.54, 1.807) is 18.2 Å². The Bertz CT molecular complexity index is 314. The molecular weight excluding hydrogens is 165 g/mol. The largest absolute Gasteiger partial charge is 0.321 e. The lowest BCUT2D eigenvalue weighted by Crippen LogP contribution is -2.09. The first kappa shape index (κ1) is 9.93. The summed E-state index contributed by atoms with van der Waals surface area (Å²) in [5.74, 6) is -0.243. The highest BCUT2D eigenvalue weighted by Gasteiger charge is 2.06. The molecule has 0 saturated heterocycles. The third-order valence-electron chi connectivity index (χ3n) is 1.78. The highest BCUT2D eigenvalue weighted by Crippen LogP contribution is 2.16. The molecule has 2 heteroatoms. The molecular formula is C11H14FN. The third kappa shape index (κ3) is 2.67. The van der Waals surface area contributed by atoms with Gasteiger partial charge in [0.15, 0.2) is 0 Å². The maximum atomic E-state index is 13.2. The monoisotopic (exact) mass is 179 g/mol. The van der Waals surface area contributed by atoms with Gasteiger partial charge in [0.2, 0.25) is 0 Å². The number of hydrogen-bond donors (Lipinski definition) is 1. The van der Waals surface area contributed by atoms with Crippen molar-refractivity contribution in [3.05, 3.63) is 47.3 Å². The minimum atomic E-state index is -0.341. The fourth-order valence-corrected chi connectivity index (χ4v) is 1.19. The summed E-state index contributed by atoms with van der Waals surface area (Å²) < 4.78 is 13.2. The van der Waals surface area contributed by atoms with Crippen molar-refractivity contribution in [2.45, 2.75) is 19.9 Å². The van der Waals surface area contributed by atoms with Crippen molar-refractivity contribution in [3.8, 4) is 0 Å². The Hall–Kier alpha value is -1.15. The van der Waals surface area contributed by atoms with E-state index in [2.05, 4.69) is 0 Å². The van der Waals surface area contributed by atoms with Gasteiger partial charge in [-0.3, -0.25) is 0 Å². The molecule has 1 atom stereocenters. The van der Waals surface area contributed by atoms with E-state index in [4.69, 9.17) is 5.73 Å². The number of nitrogens with two attached hydrogens (primary N) is 1. The molecule has 1 nitrogen and oxygen atoms in total. The average molecular weight is 179 g/mol. The van der Waals surface area contributed by atoms with E-state index in [0.29, 0.717) is 5.56 Å². The molecule has 0 radical (unpaired) electrons. The van der Waals surface area contributed by atoms with Crippen LogP contribution in [-0.2, 0) is 0 Å². The van der Waals surface area contributed by atoms with Crippen LogP contribution in [0.2, 0.25) is 0 Å². The minimum Gasteiger partial charge on any atom is -0.321 e. The van der Waals surface area contributed by atoms with Crippen molar-refractivity contribution in [1.29, 1.82) is 0 Å². The first-order chi connectivity index (χ1) is 6.11. The molecule has 70 valence electrons. The first-order valence-corrected chi connectivity index (χ1v) is 4.26. The van der Waals surface area contributed by atoms with Crippen LogP contribution in [0.25, 0.3) is 0 Å². The topological polar surface area (TPSA) is 26.0 Å². The SMILES string of the molecule is CC(C)=CC(N)c1ccccc1F. The predicted octanol–water partition coefficient (Wildman–Crippen LogP) is 2.79. The van der Waals surface area contributed by atoms with Gasteiger partial charge in [-0.25, -0.2) is 4.39 Å². The van der Waals surface area contributed by atoms with E-state index < -0.39 is 0 Å². The van der Waals surface area contributed by atoms with Gasteiger partial charge in [-0.05, 0) is 19.9 Å². The summed E-state index contributed by atoms with van der Waals surface area (Å²) in [7, 11) is 0. The van der Waals surface area contributed by atoms with Crippen molar-refractivity contribution in [1.82, 2.24) is 0 Å². The molecule has 2 N–H and O–H groups in total. The van der Waals surface area contributed by atoms with Crippen molar-refractivity contribution in [3.63, 3.8) is 0 Å². The number of halogens is 1. The van der Waals surface area contributed by atoms with Crippen LogP contribution >= 0.6 is 0 Å². The van der Waals surface area contributed by atoms with Gasteiger partial charge in [-0.1, -0.05) is 29.8 Å². The van der Waals surface area contributed by atoms with Crippen molar-refractivity contribution >= 4 is 0 Å². The number of rotatable bonds is 2. The molecule has 1 aromatic carbocycles. The second-order valence-corrected chi connectivity index (χ2v) is 3.29. The normalized spacial score (nSPS) is 12.3. The van der Waals surface area contributed by atoms with Crippen molar-refractivity contribution < 1.29 is 4.39 Å². The van der Waals surface area contributed by atoms with Gasteiger partial charge in [0.25, 0.3) is 0 Å². The van der Waals surface area contributed by atoms with Crippen LogP contribution in [-0.4, -0.2) is 0 Å². The fourth-order valence-electron chi connectivity index (χ4n) is 1.19. The molecule has 0 spiro atoms. The van der Waals surface area contributed by atoms with Crippen molar-refractivity contribution in [2.75, 3.05) is 0 Å². The Labute approximate surface area is 78.1 Å². The third-order valence-corrected chi connectivity index (χ3v) is 1.78. The molecule has 0 fully saturated rings. The molecule has 0 heterocycles. The quantitative estimate of drug-likeness (QED) is 0.694. The summed E-state index contributed by atoms with van der Waals surface area (Å²) in [5.41, 5.74) is 7.42. The maximum absolute atomic E-state index is 13.2. The molecule has 0 aliphatic heterocycles. The molecule has 1 rings (SSSR count). The van der Waals surface area contributed by atoms with Crippen LogP contribution in [0.5, 0.6) is 0 Å². The Balaban J connectivity index is 2.95. The molecule has 13 heavy (non-hydrogen) atoms. The van der Waals surface area contributed by atoms with Crippen LogP contribution < -0.4 is 5.73 Å². The van der Waals surface area contributed by atoms with Crippen molar-refractivity contribution in [2.24, 2.45) is 5.73 Å². The minimum absolute atomic E-state index is 0.243. The van der Waals surface area contributed by atoms with Crippen LogP contribution in [0.1, 0.15) is 25.5 Å². The van der Waals surface area contributed by atoms with Gasteiger partial charge in [0.1, 0.15) is 5.82 Å². The maximum Gasteiger partial charge on any atom is 0.128 e. The van der Waals surface area contributed by atoms with Crippen LogP contribution in [0.4, 0.5) is 4.39 Å². The van der Waals surface area contributed by atoms with Crippen LogP contribution in [0, 0.1) is 5.82 Å². The van der Waals surface area contributed by atoms with Gasteiger partial charge in [-0.2, -0.15) is 0 Å². The van der Waals surface area contributed by atoms with Gasteiger partial charge in [-0.15, -0.1) is 0 Å². The summed E-state index contributed by atoms with van der Waals surface area (Å²) >= 11 is 0. The zero-order chi connectivity index (χ0) is 9.84. The second kappa shape index (κ2) is 4.19. The molecule has 0 aliphatic carbocycles. The lowest BCUT2D eigenvalue weighted by Gasteiger charge is -2.08. The molecule has 1 unspecified atom stereocenters. The Kier molecular flexibility index (Phi) is 3.20. The van der Waals surface area contributed by atoms with Gasteiger partial charge >= 0.3 is 0 Å². The van der Waals surface area contributed by atoms with Gasteiger partial charge < -0.3 is 5.73 Å². The van der Waals surface area contributed by atoms with Gasteiger partial charge in [0, 0.05) is 5.56 Å². The zero-order valence-electron chi connectivity index (χ0n) is 7.92. The van der Waals surface area contributed by atoms with E-state index in [0.717, 1.165) is 5.57 Å². The Morgan fingerprint density at radius 2 is 2.00 bits per heavy atom. The van der Waals surface area contributed by atoms with Crippen LogP contribution in [0.15, 0.2) is 35.9 Å². The van der Waals surface area contributed by atoms with E-state index in [1.807, 2.05) is 19.9 Å². The second-order valence-electron chi connectivity index (χ2n) is 3.29. The van der Waals surface area contributed by atoms with Gasteiger partial charge in [0.05, 0.1) is 6.04 Å². The van der Waals surface area contributed by atoms with Crippen LogP contribution in [0.3, 0.4) is 0 Å².